The largest absolute Gasteiger partial charge is 0.480 e. The Kier molecular flexibility index (Phi) is 6.03. The molecule has 0 bridgehead atoms. The highest BCUT2D eigenvalue weighted by Gasteiger charge is 2.46. The van der Waals surface area contributed by atoms with E-state index >= 15 is 0 Å². The van der Waals surface area contributed by atoms with E-state index in [-0.39, 0.29) is 23.8 Å². The first kappa shape index (κ1) is 18.2. The van der Waals surface area contributed by atoms with Gasteiger partial charge in [0.25, 0.3) is 0 Å². The highest BCUT2D eigenvalue weighted by atomic mass is 16.4. The zero-order valence-electron chi connectivity index (χ0n) is 14.3. The number of hydrogen-bond acceptors (Lipinski definition) is 4. The summed E-state index contributed by atoms with van der Waals surface area (Å²) in [6.07, 6.45) is 3.55. The maximum absolute atomic E-state index is 12.7. The molecule has 0 aromatic rings. The number of amides is 1. The first-order valence-electron chi connectivity index (χ1n) is 8.83. The highest BCUT2D eigenvalue weighted by Crippen LogP contribution is 2.39. The number of aliphatic hydroxyl groups is 1. The van der Waals surface area contributed by atoms with Crippen molar-refractivity contribution in [2.45, 2.75) is 52.1 Å². The van der Waals surface area contributed by atoms with E-state index in [2.05, 4.69) is 0 Å². The number of likely N-dealkylation sites (tertiary alicyclic amines) is 2. The van der Waals surface area contributed by atoms with Gasteiger partial charge in [-0.2, -0.15) is 0 Å². The van der Waals surface area contributed by atoms with E-state index in [1.54, 1.807) is 0 Å². The molecule has 1 spiro atoms. The summed E-state index contributed by atoms with van der Waals surface area (Å²) in [4.78, 5) is 27.5. The van der Waals surface area contributed by atoms with Gasteiger partial charge in [0.1, 0.15) is 0 Å². The van der Waals surface area contributed by atoms with Crippen molar-refractivity contribution in [2.75, 3.05) is 32.7 Å². The summed E-state index contributed by atoms with van der Waals surface area (Å²) in [7, 11) is 0. The van der Waals surface area contributed by atoms with Crippen LogP contribution in [0.1, 0.15) is 46.0 Å². The summed E-state index contributed by atoms with van der Waals surface area (Å²) in [6.45, 7) is 6.56. The molecule has 0 unspecified atom stereocenters. The first-order chi connectivity index (χ1) is 10.9. The van der Waals surface area contributed by atoms with Gasteiger partial charge in [-0.3, -0.25) is 14.5 Å². The Labute approximate surface area is 138 Å². The Morgan fingerprint density at radius 2 is 1.91 bits per heavy atom. The van der Waals surface area contributed by atoms with Gasteiger partial charge in [-0.15, -0.1) is 0 Å². The van der Waals surface area contributed by atoms with E-state index in [0.717, 1.165) is 32.2 Å². The first-order valence-corrected chi connectivity index (χ1v) is 8.83. The maximum atomic E-state index is 12.7. The van der Waals surface area contributed by atoms with Gasteiger partial charge in [-0.25, -0.2) is 0 Å². The summed E-state index contributed by atoms with van der Waals surface area (Å²) in [5.74, 6) is -0.588. The van der Waals surface area contributed by atoms with Crippen LogP contribution in [-0.4, -0.2) is 70.7 Å². The average Bonchev–Trinajstić information content (AvgIpc) is 2.52. The predicted molar refractivity (Wildman–Crippen MR) is 87.0 cm³/mol. The molecular weight excluding hydrogens is 296 g/mol. The molecule has 132 valence electrons. The van der Waals surface area contributed by atoms with E-state index in [9.17, 15) is 14.7 Å². The summed E-state index contributed by atoms with van der Waals surface area (Å²) in [6, 6.07) is 0. The molecule has 2 aliphatic heterocycles. The van der Waals surface area contributed by atoms with Crippen LogP contribution in [0.3, 0.4) is 0 Å². The fourth-order valence-corrected chi connectivity index (χ4v) is 4.21. The molecule has 2 aliphatic rings. The van der Waals surface area contributed by atoms with Crippen molar-refractivity contribution in [1.29, 1.82) is 0 Å². The SMILES string of the molecule is CCC(CC)C(=O)N1CCC[C@@]2(CN(CC(=O)O)CC[C@H]2O)C1. The molecule has 2 rings (SSSR count). The topological polar surface area (TPSA) is 81.1 Å². The van der Waals surface area contributed by atoms with Crippen LogP contribution in [0.25, 0.3) is 0 Å². The number of aliphatic carboxylic acids is 1. The standard InChI is InChI=1S/C17H30N2O4/c1-3-13(4-2)16(23)19-8-5-7-17(12-19)11-18(10-15(21)22)9-6-14(17)20/h13-14,20H,3-12H2,1-2H3,(H,21,22)/t14-,17-/m1/s1. The Morgan fingerprint density at radius 1 is 1.22 bits per heavy atom. The van der Waals surface area contributed by atoms with Crippen molar-refractivity contribution < 1.29 is 19.8 Å². The molecular formula is C17H30N2O4. The van der Waals surface area contributed by atoms with E-state index in [4.69, 9.17) is 5.11 Å². The van der Waals surface area contributed by atoms with E-state index < -0.39 is 12.1 Å². The lowest BCUT2D eigenvalue weighted by molar-refractivity contribution is -0.149. The van der Waals surface area contributed by atoms with Crippen molar-refractivity contribution in [3.05, 3.63) is 0 Å². The van der Waals surface area contributed by atoms with Gasteiger partial charge in [0.15, 0.2) is 0 Å². The Hall–Kier alpha value is -1.14. The number of hydrogen-bond donors (Lipinski definition) is 2. The lowest BCUT2D eigenvalue weighted by Crippen LogP contribution is -2.60. The molecule has 6 heteroatoms. The molecule has 2 saturated heterocycles. The van der Waals surface area contributed by atoms with Crippen molar-refractivity contribution >= 4 is 11.9 Å². The molecule has 0 aromatic carbocycles. The van der Waals surface area contributed by atoms with Gasteiger partial charge >= 0.3 is 5.97 Å². The van der Waals surface area contributed by atoms with Crippen LogP contribution in [0, 0.1) is 11.3 Å². The third kappa shape index (κ3) is 4.04. The normalized spacial score (nSPS) is 29.2. The van der Waals surface area contributed by atoms with E-state index in [1.807, 2.05) is 23.6 Å². The van der Waals surface area contributed by atoms with Crippen molar-refractivity contribution in [3.8, 4) is 0 Å². The number of carbonyl (C=O) groups excluding carboxylic acids is 1. The zero-order valence-corrected chi connectivity index (χ0v) is 14.3. The van der Waals surface area contributed by atoms with Gasteiger partial charge in [0.05, 0.1) is 12.6 Å². The molecule has 23 heavy (non-hydrogen) atoms. The number of rotatable bonds is 5. The van der Waals surface area contributed by atoms with Crippen molar-refractivity contribution in [2.24, 2.45) is 11.3 Å². The van der Waals surface area contributed by atoms with Crippen LogP contribution in [0.15, 0.2) is 0 Å². The number of piperidine rings is 2. The molecule has 2 heterocycles. The van der Waals surface area contributed by atoms with Crippen LogP contribution in [0.4, 0.5) is 0 Å². The lowest BCUT2D eigenvalue weighted by Gasteiger charge is -2.51. The minimum absolute atomic E-state index is 0.00889. The molecule has 0 aliphatic carbocycles. The average molecular weight is 326 g/mol. The lowest BCUT2D eigenvalue weighted by atomic mass is 9.71. The molecule has 6 nitrogen and oxygen atoms in total. The summed E-state index contributed by atoms with van der Waals surface area (Å²) >= 11 is 0. The number of nitrogens with zero attached hydrogens (tertiary/aromatic N) is 2. The summed E-state index contributed by atoms with van der Waals surface area (Å²) in [5.41, 5.74) is -0.367. The van der Waals surface area contributed by atoms with Gasteiger partial charge < -0.3 is 15.1 Å². The third-order valence-electron chi connectivity index (χ3n) is 5.58. The molecule has 2 atom stereocenters. The summed E-state index contributed by atoms with van der Waals surface area (Å²) in [5, 5.41) is 19.6. The van der Waals surface area contributed by atoms with Crippen LogP contribution in [-0.2, 0) is 9.59 Å². The fraction of sp³-hybridized carbons (Fsp3) is 0.882. The smallest absolute Gasteiger partial charge is 0.317 e. The quantitative estimate of drug-likeness (QED) is 0.793. The van der Waals surface area contributed by atoms with E-state index in [0.29, 0.717) is 26.1 Å². The molecule has 2 N–H and O–H groups in total. The number of carboxylic acid groups (broad SMARTS) is 1. The molecule has 1 amide bonds. The minimum atomic E-state index is -0.836. The van der Waals surface area contributed by atoms with Crippen LogP contribution >= 0.6 is 0 Å². The van der Waals surface area contributed by atoms with Crippen molar-refractivity contribution in [1.82, 2.24) is 9.80 Å². The second-order valence-electron chi connectivity index (χ2n) is 7.15. The van der Waals surface area contributed by atoms with Gasteiger partial charge in [-0.1, -0.05) is 13.8 Å². The second-order valence-corrected chi connectivity index (χ2v) is 7.15. The number of carboxylic acids is 1. The monoisotopic (exact) mass is 326 g/mol. The third-order valence-corrected chi connectivity index (χ3v) is 5.58. The molecule has 0 saturated carbocycles. The van der Waals surface area contributed by atoms with Crippen LogP contribution < -0.4 is 0 Å². The van der Waals surface area contributed by atoms with Crippen LogP contribution in [0.2, 0.25) is 0 Å². The predicted octanol–water partition coefficient (Wildman–Crippen LogP) is 1.18. The second kappa shape index (κ2) is 7.62. The highest BCUT2D eigenvalue weighted by molar-refractivity contribution is 5.79. The Balaban J connectivity index is 2.10. The van der Waals surface area contributed by atoms with Crippen LogP contribution in [0.5, 0.6) is 0 Å². The summed E-state index contributed by atoms with van der Waals surface area (Å²) < 4.78 is 0. The molecule has 0 radical (unpaired) electrons. The van der Waals surface area contributed by atoms with Gasteiger partial charge in [0, 0.05) is 37.5 Å². The zero-order chi connectivity index (χ0) is 17.0. The maximum Gasteiger partial charge on any atom is 0.317 e. The fourth-order valence-electron chi connectivity index (χ4n) is 4.21. The number of carbonyl (C=O) groups is 2. The van der Waals surface area contributed by atoms with Crippen molar-refractivity contribution in [3.63, 3.8) is 0 Å². The Morgan fingerprint density at radius 3 is 2.52 bits per heavy atom. The molecule has 0 aromatic heterocycles. The molecule has 2 fully saturated rings. The van der Waals surface area contributed by atoms with E-state index in [1.165, 1.54) is 0 Å². The minimum Gasteiger partial charge on any atom is -0.480 e. The Bertz CT molecular complexity index is 438. The van der Waals surface area contributed by atoms with Gasteiger partial charge in [0.2, 0.25) is 5.91 Å². The van der Waals surface area contributed by atoms with Gasteiger partial charge in [-0.05, 0) is 32.1 Å². The number of aliphatic hydroxyl groups excluding tert-OH is 1.